The maximum absolute atomic E-state index is 12.3. The van der Waals surface area contributed by atoms with Gasteiger partial charge in [0.05, 0.1) is 0 Å². The number of hydrogen-bond donors (Lipinski definition) is 2. The van der Waals surface area contributed by atoms with Crippen molar-refractivity contribution in [1.82, 2.24) is 9.88 Å². The number of urea groups is 1. The number of amides is 2. The molecule has 1 aliphatic carbocycles. The zero-order valence-corrected chi connectivity index (χ0v) is 12.0. The number of anilines is 1. The van der Waals surface area contributed by atoms with Gasteiger partial charge in [-0.3, -0.25) is 5.32 Å². The second kappa shape index (κ2) is 5.05. The summed E-state index contributed by atoms with van der Waals surface area (Å²) in [7, 11) is 0. The molecule has 0 bridgehead atoms. The molecular formula is C13H17N3O3S. The minimum atomic E-state index is -0.898. The number of nitrogens with zero attached hydrogens (tertiary/aromatic N) is 2. The first-order valence-electron chi connectivity index (χ1n) is 6.79. The van der Waals surface area contributed by atoms with E-state index in [2.05, 4.69) is 10.3 Å². The number of carbonyl (C=O) groups is 2. The molecule has 2 aliphatic rings. The van der Waals surface area contributed by atoms with Crippen LogP contribution in [-0.2, 0) is 4.79 Å². The van der Waals surface area contributed by atoms with E-state index >= 15 is 0 Å². The van der Waals surface area contributed by atoms with Crippen molar-refractivity contribution in [3.63, 3.8) is 0 Å². The predicted octanol–water partition coefficient (Wildman–Crippen LogP) is 2.17. The third kappa shape index (κ3) is 2.26. The van der Waals surface area contributed by atoms with Crippen molar-refractivity contribution in [2.75, 3.05) is 11.9 Å². The topological polar surface area (TPSA) is 82.5 Å². The first-order chi connectivity index (χ1) is 9.56. The minimum Gasteiger partial charge on any atom is -0.480 e. The highest BCUT2D eigenvalue weighted by molar-refractivity contribution is 7.15. The summed E-state index contributed by atoms with van der Waals surface area (Å²) in [5.41, 5.74) is 0. The van der Waals surface area contributed by atoms with Gasteiger partial charge < -0.3 is 10.0 Å². The van der Waals surface area contributed by atoms with Crippen LogP contribution in [0.4, 0.5) is 9.93 Å². The molecule has 2 amide bonds. The van der Waals surface area contributed by atoms with E-state index in [1.54, 1.807) is 6.20 Å². The number of aryl methyl sites for hydroxylation is 1. The minimum absolute atomic E-state index is 0.108. The number of carbonyl (C=O) groups excluding carboxylic acids is 1. The first kappa shape index (κ1) is 13.4. The fraction of sp³-hybridized carbons (Fsp3) is 0.615. The van der Waals surface area contributed by atoms with Crippen molar-refractivity contribution in [1.29, 1.82) is 0 Å². The van der Waals surface area contributed by atoms with E-state index in [0.717, 1.165) is 24.1 Å². The second-order valence-electron chi connectivity index (χ2n) is 5.50. The van der Waals surface area contributed by atoms with E-state index in [-0.39, 0.29) is 11.9 Å². The predicted molar refractivity (Wildman–Crippen MR) is 74.8 cm³/mol. The summed E-state index contributed by atoms with van der Waals surface area (Å²) in [4.78, 5) is 30.3. The lowest BCUT2D eigenvalue weighted by Crippen LogP contribution is -2.45. The van der Waals surface area contributed by atoms with Crippen LogP contribution in [0.5, 0.6) is 0 Å². The molecule has 6 nitrogen and oxygen atoms in total. The Labute approximate surface area is 120 Å². The molecular weight excluding hydrogens is 278 g/mol. The lowest BCUT2D eigenvalue weighted by Gasteiger charge is -2.24. The van der Waals surface area contributed by atoms with E-state index < -0.39 is 12.0 Å². The molecule has 0 radical (unpaired) electrons. The molecule has 20 heavy (non-hydrogen) atoms. The van der Waals surface area contributed by atoms with Gasteiger partial charge in [0.25, 0.3) is 0 Å². The van der Waals surface area contributed by atoms with Gasteiger partial charge in [0.15, 0.2) is 5.13 Å². The van der Waals surface area contributed by atoms with Crippen LogP contribution < -0.4 is 5.32 Å². The fourth-order valence-corrected chi connectivity index (χ4v) is 4.06. The van der Waals surface area contributed by atoms with E-state index in [1.165, 1.54) is 16.2 Å². The van der Waals surface area contributed by atoms with Crippen LogP contribution in [0.2, 0.25) is 0 Å². The second-order valence-corrected chi connectivity index (χ2v) is 6.73. The van der Waals surface area contributed by atoms with Crippen LogP contribution in [-0.4, -0.2) is 39.6 Å². The van der Waals surface area contributed by atoms with Gasteiger partial charge in [-0.15, -0.1) is 11.3 Å². The van der Waals surface area contributed by atoms with Crippen LogP contribution in [0.3, 0.4) is 0 Å². The first-order valence-corrected chi connectivity index (χ1v) is 7.61. The lowest BCUT2D eigenvalue weighted by molar-refractivity contribution is -0.142. The number of hydrogen-bond acceptors (Lipinski definition) is 4. The number of aliphatic carboxylic acids is 1. The Morgan fingerprint density at radius 2 is 2.30 bits per heavy atom. The highest BCUT2D eigenvalue weighted by Gasteiger charge is 2.49. The van der Waals surface area contributed by atoms with E-state index in [9.17, 15) is 14.7 Å². The number of aromatic nitrogens is 1. The zero-order chi connectivity index (χ0) is 14.3. The van der Waals surface area contributed by atoms with Crippen LogP contribution >= 0.6 is 11.3 Å². The fourth-order valence-electron chi connectivity index (χ4n) is 3.41. The van der Waals surface area contributed by atoms with Crippen molar-refractivity contribution in [3.8, 4) is 0 Å². The summed E-state index contributed by atoms with van der Waals surface area (Å²) in [5.74, 6) is -0.457. The highest BCUT2D eigenvalue weighted by Crippen LogP contribution is 2.42. The number of rotatable bonds is 2. The van der Waals surface area contributed by atoms with Crippen LogP contribution in [0.25, 0.3) is 0 Å². The molecule has 1 saturated heterocycles. The van der Waals surface area contributed by atoms with Gasteiger partial charge in [0.2, 0.25) is 0 Å². The molecule has 0 spiro atoms. The molecule has 3 unspecified atom stereocenters. The summed E-state index contributed by atoms with van der Waals surface area (Å²) in [6.07, 6.45) is 4.68. The van der Waals surface area contributed by atoms with Gasteiger partial charge in [0, 0.05) is 17.6 Å². The summed E-state index contributed by atoms with van der Waals surface area (Å²) >= 11 is 1.39. The molecule has 108 valence electrons. The Morgan fingerprint density at radius 1 is 1.50 bits per heavy atom. The number of carboxylic acids is 1. The Balaban J connectivity index is 1.75. The molecule has 1 aliphatic heterocycles. The van der Waals surface area contributed by atoms with Crippen molar-refractivity contribution < 1.29 is 14.7 Å². The molecule has 2 fully saturated rings. The van der Waals surface area contributed by atoms with Crippen LogP contribution in [0, 0.1) is 18.8 Å². The molecule has 3 atom stereocenters. The SMILES string of the molecule is Cc1cnc(NC(=O)N2CC3CCCC3C2C(=O)O)s1. The average molecular weight is 295 g/mol. The number of carboxylic acid groups (broad SMARTS) is 1. The maximum Gasteiger partial charge on any atom is 0.326 e. The largest absolute Gasteiger partial charge is 0.480 e. The van der Waals surface area contributed by atoms with Gasteiger partial charge in [-0.05, 0) is 31.6 Å². The third-order valence-corrected chi connectivity index (χ3v) is 5.07. The van der Waals surface area contributed by atoms with E-state index in [1.807, 2.05) is 6.92 Å². The van der Waals surface area contributed by atoms with Crippen molar-refractivity contribution >= 4 is 28.5 Å². The van der Waals surface area contributed by atoms with Gasteiger partial charge >= 0.3 is 12.0 Å². The third-order valence-electron chi connectivity index (χ3n) is 4.24. The summed E-state index contributed by atoms with van der Waals surface area (Å²) in [5, 5.41) is 12.6. The van der Waals surface area contributed by atoms with Crippen molar-refractivity contribution in [2.45, 2.75) is 32.2 Å². The Morgan fingerprint density at radius 3 is 2.95 bits per heavy atom. The normalized spacial score (nSPS) is 28.4. The standard InChI is InChI=1S/C13H17N3O3S/c1-7-5-14-12(20-7)15-13(19)16-6-8-3-2-4-9(8)10(16)11(17)18/h5,8-10H,2-4,6H2,1H3,(H,17,18)(H,14,15,19). The number of nitrogens with one attached hydrogen (secondary N) is 1. The van der Waals surface area contributed by atoms with Crippen molar-refractivity contribution in [3.05, 3.63) is 11.1 Å². The van der Waals surface area contributed by atoms with Gasteiger partial charge in [-0.25, -0.2) is 14.6 Å². The molecule has 2 N–H and O–H groups in total. The zero-order valence-electron chi connectivity index (χ0n) is 11.2. The van der Waals surface area contributed by atoms with Gasteiger partial charge in [-0.1, -0.05) is 6.42 Å². The van der Waals surface area contributed by atoms with Crippen LogP contribution in [0.1, 0.15) is 24.1 Å². The number of likely N-dealkylation sites (tertiary alicyclic amines) is 1. The molecule has 1 aromatic rings. The molecule has 1 saturated carbocycles. The van der Waals surface area contributed by atoms with E-state index in [4.69, 9.17) is 0 Å². The monoisotopic (exact) mass is 295 g/mol. The summed E-state index contributed by atoms with van der Waals surface area (Å²) < 4.78 is 0. The number of fused-ring (bicyclic) bond motifs is 1. The Kier molecular flexibility index (Phi) is 3.37. The quantitative estimate of drug-likeness (QED) is 0.876. The molecule has 3 rings (SSSR count). The Hall–Kier alpha value is -1.63. The van der Waals surface area contributed by atoms with Crippen molar-refractivity contribution in [2.24, 2.45) is 11.8 Å². The van der Waals surface area contributed by atoms with Gasteiger partial charge in [-0.2, -0.15) is 0 Å². The summed E-state index contributed by atoms with van der Waals surface area (Å²) in [6.45, 7) is 2.45. The molecule has 0 aromatic carbocycles. The maximum atomic E-state index is 12.3. The van der Waals surface area contributed by atoms with E-state index in [0.29, 0.717) is 17.6 Å². The van der Waals surface area contributed by atoms with Crippen LogP contribution in [0.15, 0.2) is 6.20 Å². The Bertz CT molecular complexity index is 545. The molecule has 2 heterocycles. The number of thiazole rings is 1. The highest BCUT2D eigenvalue weighted by atomic mass is 32.1. The molecule has 7 heteroatoms. The van der Waals surface area contributed by atoms with Gasteiger partial charge in [0.1, 0.15) is 6.04 Å². The lowest BCUT2D eigenvalue weighted by atomic mass is 9.94. The average Bonchev–Trinajstić information content (AvgIpc) is 3.02. The molecule has 1 aromatic heterocycles. The summed E-state index contributed by atoms with van der Waals surface area (Å²) in [6, 6.07) is -1.04. The smallest absolute Gasteiger partial charge is 0.326 e.